The first-order valence-corrected chi connectivity index (χ1v) is 7.56. The van der Waals surface area contributed by atoms with Crippen molar-refractivity contribution in [3.63, 3.8) is 0 Å². The van der Waals surface area contributed by atoms with Gasteiger partial charge in [0.1, 0.15) is 0 Å². The fourth-order valence-electron chi connectivity index (χ4n) is 3.17. The summed E-state index contributed by atoms with van der Waals surface area (Å²) in [4.78, 5) is 7.16. The lowest BCUT2D eigenvalue weighted by molar-refractivity contribution is 0.108. The first-order valence-electron chi connectivity index (χ1n) is 6.68. The summed E-state index contributed by atoms with van der Waals surface area (Å²) in [6, 6.07) is 0.789. The van der Waals surface area contributed by atoms with E-state index in [2.05, 4.69) is 27.5 Å². The molecule has 3 heterocycles. The molecule has 4 heteroatoms. The number of rotatable bonds is 2. The quantitative estimate of drug-likeness (QED) is 0.871. The number of hydrogen-bond donors (Lipinski definition) is 1. The summed E-state index contributed by atoms with van der Waals surface area (Å²) in [6.07, 6.45) is 4.07. The van der Waals surface area contributed by atoms with Gasteiger partial charge in [0.05, 0.1) is 10.7 Å². The van der Waals surface area contributed by atoms with E-state index in [4.69, 9.17) is 0 Å². The van der Waals surface area contributed by atoms with Crippen LogP contribution in [0.4, 0.5) is 0 Å². The van der Waals surface area contributed by atoms with Gasteiger partial charge < -0.3 is 5.32 Å². The molecule has 2 atom stereocenters. The van der Waals surface area contributed by atoms with Gasteiger partial charge in [0.25, 0.3) is 0 Å². The molecule has 0 saturated carbocycles. The summed E-state index contributed by atoms with van der Waals surface area (Å²) in [5.74, 6) is 0.872. The van der Waals surface area contributed by atoms with Gasteiger partial charge in [-0.25, -0.2) is 4.98 Å². The van der Waals surface area contributed by atoms with Crippen molar-refractivity contribution in [1.29, 1.82) is 0 Å². The van der Waals surface area contributed by atoms with E-state index in [0.29, 0.717) is 0 Å². The van der Waals surface area contributed by atoms with Gasteiger partial charge in [0, 0.05) is 31.1 Å². The zero-order valence-corrected chi connectivity index (χ0v) is 11.3. The fraction of sp³-hybridized carbons (Fsp3) is 0.769. The summed E-state index contributed by atoms with van der Waals surface area (Å²) < 4.78 is 0. The molecule has 17 heavy (non-hydrogen) atoms. The second-order valence-electron chi connectivity index (χ2n) is 5.34. The zero-order chi connectivity index (χ0) is 11.7. The predicted molar refractivity (Wildman–Crippen MR) is 71.3 cm³/mol. The van der Waals surface area contributed by atoms with E-state index in [0.717, 1.165) is 18.5 Å². The van der Waals surface area contributed by atoms with E-state index in [1.807, 2.05) is 0 Å². The van der Waals surface area contributed by atoms with E-state index < -0.39 is 0 Å². The third-order valence-corrected chi connectivity index (χ3v) is 4.85. The van der Waals surface area contributed by atoms with Crippen LogP contribution in [0.3, 0.4) is 0 Å². The molecule has 2 saturated heterocycles. The lowest BCUT2D eigenvalue weighted by atomic mass is 9.85. The van der Waals surface area contributed by atoms with Gasteiger partial charge in [0.2, 0.25) is 0 Å². The smallest absolute Gasteiger partial charge is 0.0897 e. The van der Waals surface area contributed by atoms with E-state index >= 15 is 0 Å². The number of fused-ring (bicyclic) bond motifs is 1. The molecule has 0 radical (unpaired) electrons. The molecule has 0 aliphatic carbocycles. The number of aromatic nitrogens is 1. The largest absolute Gasteiger partial charge is 0.314 e. The SMILES string of the molecule is Cc1nc(CN2CC[C@@H]3NCCC[C@@H]3C2)cs1. The van der Waals surface area contributed by atoms with E-state index in [1.165, 1.54) is 49.6 Å². The highest BCUT2D eigenvalue weighted by Crippen LogP contribution is 2.25. The van der Waals surface area contributed by atoms with Crippen LogP contribution >= 0.6 is 11.3 Å². The normalized spacial score (nSPS) is 30.2. The van der Waals surface area contributed by atoms with Crippen molar-refractivity contribution in [1.82, 2.24) is 15.2 Å². The highest BCUT2D eigenvalue weighted by molar-refractivity contribution is 7.09. The molecule has 1 aromatic heterocycles. The molecule has 3 rings (SSSR count). The predicted octanol–water partition coefficient (Wildman–Crippen LogP) is 2.03. The highest BCUT2D eigenvalue weighted by atomic mass is 32.1. The van der Waals surface area contributed by atoms with Gasteiger partial charge >= 0.3 is 0 Å². The van der Waals surface area contributed by atoms with Crippen molar-refractivity contribution in [2.45, 2.75) is 38.8 Å². The topological polar surface area (TPSA) is 28.2 Å². The van der Waals surface area contributed by atoms with Gasteiger partial charge in [-0.05, 0) is 38.6 Å². The Hall–Kier alpha value is -0.450. The van der Waals surface area contributed by atoms with Crippen LogP contribution in [0.25, 0.3) is 0 Å². The van der Waals surface area contributed by atoms with Gasteiger partial charge in [-0.2, -0.15) is 0 Å². The minimum atomic E-state index is 0.789. The third kappa shape index (κ3) is 2.69. The molecular formula is C13H21N3S. The molecule has 2 fully saturated rings. The van der Waals surface area contributed by atoms with Gasteiger partial charge in [-0.15, -0.1) is 11.3 Å². The number of thiazole rings is 1. The Bertz CT molecular complexity index is 376. The van der Waals surface area contributed by atoms with Crippen LogP contribution in [-0.4, -0.2) is 35.6 Å². The Kier molecular flexibility index (Phi) is 3.45. The fourth-order valence-corrected chi connectivity index (χ4v) is 3.78. The van der Waals surface area contributed by atoms with Crippen molar-refractivity contribution in [2.24, 2.45) is 5.92 Å². The maximum absolute atomic E-state index is 4.57. The maximum Gasteiger partial charge on any atom is 0.0897 e. The summed E-state index contributed by atoms with van der Waals surface area (Å²) in [7, 11) is 0. The molecule has 0 bridgehead atoms. The lowest BCUT2D eigenvalue weighted by Gasteiger charge is -2.41. The second-order valence-corrected chi connectivity index (χ2v) is 6.41. The molecule has 0 aromatic carbocycles. The Morgan fingerprint density at radius 3 is 3.29 bits per heavy atom. The van der Waals surface area contributed by atoms with Crippen LogP contribution in [0.1, 0.15) is 30.0 Å². The molecule has 2 aliphatic heterocycles. The second kappa shape index (κ2) is 5.04. The maximum atomic E-state index is 4.57. The number of aryl methyl sites for hydroxylation is 1. The van der Waals surface area contributed by atoms with Crippen LogP contribution in [0.5, 0.6) is 0 Å². The van der Waals surface area contributed by atoms with Crippen LogP contribution in [-0.2, 0) is 6.54 Å². The molecule has 2 aliphatic rings. The number of likely N-dealkylation sites (tertiary alicyclic amines) is 1. The van der Waals surface area contributed by atoms with Crippen molar-refractivity contribution in [2.75, 3.05) is 19.6 Å². The van der Waals surface area contributed by atoms with Crippen LogP contribution in [0.2, 0.25) is 0 Å². The van der Waals surface area contributed by atoms with Crippen molar-refractivity contribution in [3.05, 3.63) is 16.1 Å². The number of nitrogens with zero attached hydrogens (tertiary/aromatic N) is 2. The Balaban J connectivity index is 1.58. The zero-order valence-electron chi connectivity index (χ0n) is 10.5. The van der Waals surface area contributed by atoms with Crippen LogP contribution in [0.15, 0.2) is 5.38 Å². The van der Waals surface area contributed by atoms with Crippen molar-refractivity contribution >= 4 is 11.3 Å². The average Bonchev–Trinajstić information content (AvgIpc) is 2.75. The molecule has 94 valence electrons. The summed E-state index contributed by atoms with van der Waals surface area (Å²) >= 11 is 1.77. The van der Waals surface area contributed by atoms with Gasteiger partial charge in [-0.1, -0.05) is 0 Å². The minimum Gasteiger partial charge on any atom is -0.314 e. The molecule has 3 nitrogen and oxygen atoms in total. The number of piperidine rings is 2. The molecule has 1 aromatic rings. The molecule has 0 spiro atoms. The molecule has 1 N–H and O–H groups in total. The summed E-state index contributed by atoms with van der Waals surface area (Å²) in [6.45, 7) is 6.85. The number of nitrogens with one attached hydrogen (secondary N) is 1. The Morgan fingerprint density at radius 1 is 1.53 bits per heavy atom. The monoisotopic (exact) mass is 251 g/mol. The van der Waals surface area contributed by atoms with Crippen LogP contribution in [0, 0.1) is 12.8 Å². The molecular weight excluding hydrogens is 230 g/mol. The average molecular weight is 251 g/mol. The third-order valence-electron chi connectivity index (χ3n) is 4.03. The standard InChI is InChI=1S/C13H21N3S/c1-10-15-12(9-17-10)8-16-6-4-13-11(7-16)3-2-5-14-13/h9,11,13-14H,2-8H2,1H3/t11-,13+/m1/s1. The van der Waals surface area contributed by atoms with E-state index in [-0.39, 0.29) is 0 Å². The lowest BCUT2D eigenvalue weighted by Crippen LogP contribution is -2.51. The molecule has 0 unspecified atom stereocenters. The molecule has 0 amide bonds. The first-order chi connectivity index (χ1) is 8.31. The first kappa shape index (κ1) is 11.6. The van der Waals surface area contributed by atoms with Crippen molar-refractivity contribution in [3.8, 4) is 0 Å². The van der Waals surface area contributed by atoms with Gasteiger partial charge in [0.15, 0.2) is 0 Å². The van der Waals surface area contributed by atoms with Gasteiger partial charge in [-0.3, -0.25) is 4.90 Å². The summed E-state index contributed by atoms with van der Waals surface area (Å²) in [5.41, 5.74) is 1.26. The van der Waals surface area contributed by atoms with Crippen molar-refractivity contribution < 1.29 is 0 Å². The number of hydrogen-bond acceptors (Lipinski definition) is 4. The van der Waals surface area contributed by atoms with E-state index in [1.54, 1.807) is 11.3 Å². The minimum absolute atomic E-state index is 0.789. The Morgan fingerprint density at radius 2 is 2.47 bits per heavy atom. The summed E-state index contributed by atoms with van der Waals surface area (Å²) in [5, 5.41) is 7.07. The Labute approximate surface area is 107 Å². The van der Waals surface area contributed by atoms with E-state index in [9.17, 15) is 0 Å². The highest BCUT2D eigenvalue weighted by Gasteiger charge is 2.30. The van der Waals surface area contributed by atoms with Crippen LogP contribution < -0.4 is 5.32 Å².